The van der Waals surface area contributed by atoms with E-state index in [-0.39, 0.29) is 0 Å². The van der Waals surface area contributed by atoms with Gasteiger partial charge in [-0.25, -0.2) is 0 Å². The molecule has 0 amide bonds. The van der Waals surface area contributed by atoms with Crippen molar-refractivity contribution >= 4 is 0 Å². The second-order valence-electron chi connectivity index (χ2n) is 10.5. The van der Waals surface area contributed by atoms with E-state index >= 15 is 0 Å². The van der Waals surface area contributed by atoms with Crippen molar-refractivity contribution in [1.82, 2.24) is 0 Å². The molecule has 0 aromatic rings. The number of fused-ring (bicyclic) bond motifs is 1. The van der Waals surface area contributed by atoms with Gasteiger partial charge in [0.15, 0.2) is 0 Å². The molecule has 3 rings (SSSR count). The predicted octanol–water partition coefficient (Wildman–Crippen LogP) is 6.65. The second kappa shape index (κ2) is 9.35. The maximum absolute atomic E-state index is 10.1. The van der Waals surface area contributed by atoms with E-state index in [1.165, 1.54) is 51.4 Å². The van der Waals surface area contributed by atoms with Gasteiger partial charge in [-0.2, -0.15) is 0 Å². The fourth-order valence-electron chi connectivity index (χ4n) is 6.15. The van der Waals surface area contributed by atoms with Gasteiger partial charge in [0.25, 0.3) is 0 Å². The molecular formula is C27H42O2. The van der Waals surface area contributed by atoms with E-state index in [1.54, 1.807) is 16.7 Å². The van der Waals surface area contributed by atoms with Crippen LogP contribution in [0.15, 0.2) is 46.6 Å². The number of rotatable bonds is 5. The van der Waals surface area contributed by atoms with Crippen LogP contribution >= 0.6 is 0 Å². The first kappa shape index (κ1) is 22.6. The number of hydrogen-bond acceptors (Lipinski definition) is 2. The van der Waals surface area contributed by atoms with E-state index in [0.29, 0.717) is 24.2 Å². The molecule has 2 N–H and O–H groups in total. The molecule has 0 aromatic heterocycles. The van der Waals surface area contributed by atoms with Gasteiger partial charge in [-0.05, 0) is 86.7 Å². The zero-order chi connectivity index (χ0) is 21.2. The summed E-state index contributed by atoms with van der Waals surface area (Å²) in [5.74, 6) is 1.44. The quantitative estimate of drug-likeness (QED) is 0.509. The highest BCUT2D eigenvalue weighted by Gasteiger charge is 2.46. The molecule has 0 spiro atoms. The fraction of sp³-hybridized carbons (Fsp3) is 0.704. The Morgan fingerprint density at radius 1 is 1.24 bits per heavy atom. The summed E-state index contributed by atoms with van der Waals surface area (Å²) in [6, 6.07) is 0. The lowest BCUT2D eigenvalue weighted by Crippen LogP contribution is -2.29. The van der Waals surface area contributed by atoms with Crippen LogP contribution < -0.4 is 0 Å². The van der Waals surface area contributed by atoms with Crippen LogP contribution in [0.2, 0.25) is 0 Å². The first-order valence-electron chi connectivity index (χ1n) is 11.9. The molecule has 0 aromatic carbocycles. The van der Waals surface area contributed by atoms with Gasteiger partial charge in [-0.15, -0.1) is 0 Å². The van der Waals surface area contributed by atoms with E-state index in [2.05, 4.69) is 46.4 Å². The molecule has 2 nitrogen and oxygen atoms in total. The molecule has 0 heterocycles. The van der Waals surface area contributed by atoms with Gasteiger partial charge in [0.05, 0.1) is 12.2 Å². The van der Waals surface area contributed by atoms with Gasteiger partial charge >= 0.3 is 0 Å². The Labute approximate surface area is 178 Å². The maximum atomic E-state index is 10.1. The molecule has 3 fully saturated rings. The van der Waals surface area contributed by atoms with Crippen molar-refractivity contribution < 1.29 is 10.2 Å². The molecular weight excluding hydrogens is 356 g/mol. The monoisotopic (exact) mass is 398 g/mol. The lowest BCUT2D eigenvalue weighted by Gasteiger charge is -2.40. The third kappa shape index (κ3) is 4.97. The average Bonchev–Trinajstić information content (AvgIpc) is 3.00. The molecule has 4 atom stereocenters. The van der Waals surface area contributed by atoms with Crippen LogP contribution in [0.1, 0.15) is 91.9 Å². The third-order valence-corrected chi connectivity index (χ3v) is 7.86. The minimum absolute atomic E-state index is 0.326. The minimum Gasteiger partial charge on any atom is -0.393 e. The molecule has 0 saturated heterocycles. The Balaban J connectivity index is 1.78. The van der Waals surface area contributed by atoms with Crippen LogP contribution in [0.25, 0.3) is 0 Å². The topological polar surface area (TPSA) is 40.5 Å². The zero-order valence-corrected chi connectivity index (χ0v) is 19.1. The van der Waals surface area contributed by atoms with Crippen LogP contribution in [0.3, 0.4) is 0 Å². The summed E-state index contributed by atoms with van der Waals surface area (Å²) in [6.45, 7) is 13.6. The highest BCUT2D eigenvalue weighted by Crippen LogP contribution is 2.58. The van der Waals surface area contributed by atoms with Crippen molar-refractivity contribution in [2.75, 3.05) is 0 Å². The number of hydrogen-bond donors (Lipinski definition) is 2. The molecule has 0 aliphatic heterocycles. The van der Waals surface area contributed by atoms with E-state index in [4.69, 9.17) is 0 Å². The minimum atomic E-state index is -0.602. The zero-order valence-electron chi connectivity index (χ0n) is 19.1. The van der Waals surface area contributed by atoms with Crippen molar-refractivity contribution in [1.29, 1.82) is 0 Å². The molecule has 3 saturated carbocycles. The van der Waals surface area contributed by atoms with Gasteiger partial charge in [-0.3, -0.25) is 0 Å². The van der Waals surface area contributed by atoms with Gasteiger partial charge in [0.1, 0.15) is 0 Å². The standard InChI is InChI=1S/C27H42O2/c1-18(2)8-6-9-19(3)24-13-14-25-21(10-7-15-27(24,25)5)11-12-22-16-23(28)17-26(29)20(22)4/h11-12,18,23,25-26,28-29H,4,6-10,13-17H2,1-3,5H3/b21-11+,22-12-,24-19-/t23-,25?,26+,27-/m1/s1. The predicted molar refractivity (Wildman–Crippen MR) is 123 cm³/mol. The van der Waals surface area contributed by atoms with Gasteiger partial charge in [0, 0.05) is 6.42 Å². The molecule has 0 radical (unpaired) electrons. The van der Waals surface area contributed by atoms with E-state index in [9.17, 15) is 10.2 Å². The first-order valence-corrected chi connectivity index (χ1v) is 11.9. The Morgan fingerprint density at radius 2 is 2.00 bits per heavy atom. The summed E-state index contributed by atoms with van der Waals surface area (Å²) in [6.07, 6.45) is 14.6. The number of aliphatic hydroxyl groups excluding tert-OH is 2. The summed E-state index contributed by atoms with van der Waals surface area (Å²) < 4.78 is 0. The van der Waals surface area contributed by atoms with Crippen molar-refractivity contribution in [3.63, 3.8) is 0 Å². The number of aliphatic hydroxyl groups is 2. The van der Waals surface area contributed by atoms with Crippen molar-refractivity contribution in [3.8, 4) is 0 Å². The number of allylic oxidation sites excluding steroid dienone is 5. The van der Waals surface area contributed by atoms with Crippen LogP contribution in [0.4, 0.5) is 0 Å². The fourth-order valence-corrected chi connectivity index (χ4v) is 6.15. The van der Waals surface area contributed by atoms with E-state index in [0.717, 1.165) is 17.1 Å². The second-order valence-corrected chi connectivity index (χ2v) is 10.5. The van der Waals surface area contributed by atoms with Crippen LogP contribution in [0, 0.1) is 17.3 Å². The van der Waals surface area contributed by atoms with Gasteiger partial charge in [0.2, 0.25) is 0 Å². The lowest BCUT2D eigenvalue weighted by atomic mass is 9.64. The molecule has 162 valence electrons. The van der Waals surface area contributed by atoms with E-state index in [1.807, 2.05) is 0 Å². The smallest absolute Gasteiger partial charge is 0.0811 e. The third-order valence-electron chi connectivity index (χ3n) is 7.86. The first-order chi connectivity index (χ1) is 13.7. The van der Waals surface area contributed by atoms with Crippen LogP contribution in [0.5, 0.6) is 0 Å². The maximum Gasteiger partial charge on any atom is 0.0811 e. The van der Waals surface area contributed by atoms with Crippen molar-refractivity contribution in [2.45, 2.75) is 104 Å². The molecule has 3 aliphatic carbocycles. The highest BCUT2D eigenvalue weighted by molar-refractivity contribution is 5.40. The van der Waals surface area contributed by atoms with Crippen molar-refractivity contribution in [3.05, 3.63) is 46.6 Å². The SMILES string of the molecule is C=C1/C(=C\C=C2/CCC[C@]3(C)/C(=C(/C)CCCC(C)C)CCC23)C[C@@H](O)C[C@@H]1O. The van der Waals surface area contributed by atoms with E-state index < -0.39 is 12.2 Å². The van der Waals surface area contributed by atoms with Crippen LogP contribution in [-0.4, -0.2) is 22.4 Å². The molecule has 29 heavy (non-hydrogen) atoms. The van der Waals surface area contributed by atoms with Crippen molar-refractivity contribution in [2.24, 2.45) is 17.3 Å². The molecule has 3 aliphatic rings. The lowest BCUT2D eigenvalue weighted by molar-refractivity contribution is 0.0862. The molecule has 0 bridgehead atoms. The Hall–Kier alpha value is -1.12. The van der Waals surface area contributed by atoms with Gasteiger partial charge < -0.3 is 10.2 Å². The Bertz CT molecular complexity index is 708. The summed E-state index contributed by atoms with van der Waals surface area (Å²) >= 11 is 0. The summed E-state index contributed by atoms with van der Waals surface area (Å²) in [4.78, 5) is 0. The van der Waals surface area contributed by atoms with Crippen LogP contribution in [-0.2, 0) is 0 Å². The highest BCUT2D eigenvalue weighted by atomic mass is 16.3. The average molecular weight is 399 g/mol. The van der Waals surface area contributed by atoms with Gasteiger partial charge in [-0.1, -0.05) is 62.6 Å². The largest absolute Gasteiger partial charge is 0.393 e. The summed E-state index contributed by atoms with van der Waals surface area (Å²) in [7, 11) is 0. The normalized spacial score (nSPS) is 37.5. The molecule has 2 heteroatoms. The summed E-state index contributed by atoms with van der Waals surface area (Å²) in [5, 5.41) is 20.1. The Morgan fingerprint density at radius 3 is 2.72 bits per heavy atom. The summed E-state index contributed by atoms with van der Waals surface area (Å²) in [5.41, 5.74) is 7.11. The molecule has 1 unspecified atom stereocenters. The Kier molecular flexibility index (Phi) is 7.27.